The molecule has 98 valence electrons. The first-order valence-corrected chi connectivity index (χ1v) is 7.20. The van der Waals surface area contributed by atoms with E-state index in [1.54, 1.807) is 32.0 Å². The van der Waals surface area contributed by atoms with Crippen molar-refractivity contribution in [1.29, 1.82) is 0 Å². The van der Waals surface area contributed by atoms with Crippen molar-refractivity contribution >= 4 is 35.1 Å². The lowest BCUT2D eigenvalue weighted by atomic mass is 10.0. The average Bonchev–Trinajstić information content (AvgIpc) is 2.37. The fraction of sp³-hybridized carbons (Fsp3) is 0.385. The maximum atomic E-state index is 12.0. The second kappa shape index (κ2) is 6.81. The van der Waals surface area contributed by atoms with Crippen molar-refractivity contribution in [2.24, 2.45) is 0 Å². The van der Waals surface area contributed by atoms with E-state index in [1.165, 1.54) is 11.8 Å². The van der Waals surface area contributed by atoms with Gasteiger partial charge in [0.1, 0.15) is 0 Å². The van der Waals surface area contributed by atoms with Crippen molar-refractivity contribution in [2.45, 2.75) is 24.1 Å². The number of carbonyl (C=O) groups is 2. The minimum Gasteiger partial charge on any atom is -0.462 e. The molecule has 0 aliphatic rings. The van der Waals surface area contributed by atoms with Gasteiger partial charge in [-0.3, -0.25) is 4.79 Å². The molecule has 0 aromatic heterocycles. The molecule has 0 heterocycles. The highest BCUT2D eigenvalue weighted by atomic mass is 35.5. The standard InChI is InChI=1S/C13H15ClO3S/c1-4-17-13(16)10-6-5-9(18-3)7-11(10)12(15)8(2)14/h5-8H,4H2,1-3H3. The third-order valence-electron chi connectivity index (χ3n) is 2.35. The molecule has 3 nitrogen and oxygen atoms in total. The molecule has 1 aromatic carbocycles. The molecular formula is C13H15ClO3S. The van der Waals surface area contributed by atoms with Gasteiger partial charge in [-0.05, 0) is 38.3 Å². The zero-order valence-electron chi connectivity index (χ0n) is 10.5. The van der Waals surface area contributed by atoms with Gasteiger partial charge in [0, 0.05) is 10.5 Å². The van der Waals surface area contributed by atoms with E-state index in [9.17, 15) is 9.59 Å². The maximum absolute atomic E-state index is 12.0. The Hall–Kier alpha value is -1.00. The van der Waals surface area contributed by atoms with E-state index in [4.69, 9.17) is 16.3 Å². The number of rotatable bonds is 5. The van der Waals surface area contributed by atoms with E-state index in [0.29, 0.717) is 5.56 Å². The number of alkyl halides is 1. The molecule has 0 bridgehead atoms. The average molecular weight is 287 g/mol. The van der Waals surface area contributed by atoms with Crippen LogP contribution in [0.1, 0.15) is 34.6 Å². The molecule has 0 saturated heterocycles. The van der Waals surface area contributed by atoms with E-state index >= 15 is 0 Å². The summed E-state index contributed by atoms with van der Waals surface area (Å²) in [5.74, 6) is -0.763. The minimum atomic E-state index is -0.671. The van der Waals surface area contributed by atoms with Crippen LogP contribution in [0.2, 0.25) is 0 Å². The quantitative estimate of drug-likeness (QED) is 0.360. The van der Waals surface area contributed by atoms with Gasteiger partial charge >= 0.3 is 5.97 Å². The number of carbonyl (C=O) groups excluding carboxylic acids is 2. The van der Waals surface area contributed by atoms with Gasteiger partial charge in [0.15, 0.2) is 5.78 Å². The molecule has 0 N–H and O–H groups in total. The Kier molecular flexibility index (Phi) is 5.69. The number of esters is 1. The predicted molar refractivity (Wildman–Crippen MR) is 73.8 cm³/mol. The molecule has 18 heavy (non-hydrogen) atoms. The highest BCUT2D eigenvalue weighted by Crippen LogP contribution is 2.22. The third kappa shape index (κ3) is 3.50. The largest absolute Gasteiger partial charge is 0.462 e. The van der Waals surface area contributed by atoms with Gasteiger partial charge in [-0.15, -0.1) is 23.4 Å². The van der Waals surface area contributed by atoms with Crippen LogP contribution in [0.3, 0.4) is 0 Å². The summed E-state index contributed by atoms with van der Waals surface area (Å²) in [5.41, 5.74) is 0.593. The molecule has 0 spiro atoms. The van der Waals surface area contributed by atoms with Crippen LogP contribution < -0.4 is 0 Å². The Balaban J connectivity index is 3.24. The van der Waals surface area contributed by atoms with E-state index in [1.807, 2.05) is 6.26 Å². The molecule has 0 saturated carbocycles. The van der Waals surface area contributed by atoms with Crippen molar-refractivity contribution < 1.29 is 14.3 Å². The van der Waals surface area contributed by atoms with Crippen molar-refractivity contribution in [3.63, 3.8) is 0 Å². The minimum absolute atomic E-state index is 0.268. The van der Waals surface area contributed by atoms with Crippen molar-refractivity contribution in [3.8, 4) is 0 Å². The molecule has 1 aromatic rings. The van der Waals surface area contributed by atoms with Gasteiger partial charge in [-0.1, -0.05) is 0 Å². The number of ether oxygens (including phenoxy) is 1. The topological polar surface area (TPSA) is 43.4 Å². The van der Waals surface area contributed by atoms with Crippen LogP contribution in [-0.2, 0) is 4.74 Å². The van der Waals surface area contributed by atoms with Crippen LogP contribution in [0.25, 0.3) is 0 Å². The Morgan fingerprint density at radius 3 is 2.56 bits per heavy atom. The highest BCUT2D eigenvalue weighted by Gasteiger charge is 2.21. The van der Waals surface area contributed by atoms with Crippen molar-refractivity contribution in [3.05, 3.63) is 29.3 Å². The molecular weight excluding hydrogens is 272 g/mol. The molecule has 0 amide bonds. The Morgan fingerprint density at radius 1 is 1.39 bits per heavy atom. The van der Waals surface area contributed by atoms with Crippen molar-refractivity contribution in [2.75, 3.05) is 12.9 Å². The van der Waals surface area contributed by atoms with Crippen LogP contribution in [0.4, 0.5) is 0 Å². The summed E-state index contributed by atoms with van der Waals surface area (Å²) in [4.78, 5) is 24.7. The summed E-state index contributed by atoms with van der Waals surface area (Å²) < 4.78 is 4.93. The van der Waals surface area contributed by atoms with Crippen LogP contribution >= 0.6 is 23.4 Å². The first kappa shape index (κ1) is 15.1. The first-order chi connectivity index (χ1) is 8.51. The summed E-state index contributed by atoms with van der Waals surface area (Å²) >= 11 is 7.30. The lowest BCUT2D eigenvalue weighted by Gasteiger charge is -2.10. The summed E-state index contributed by atoms with van der Waals surface area (Å²) in [7, 11) is 0. The van der Waals surface area contributed by atoms with Gasteiger partial charge in [-0.2, -0.15) is 0 Å². The second-order valence-electron chi connectivity index (χ2n) is 3.61. The Bertz CT molecular complexity index is 458. The summed E-state index contributed by atoms with van der Waals surface area (Å²) in [5, 5.41) is -0.671. The number of hydrogen-bond acceptors (Lipinski definition) is 4. The van der Waals surface area contributed by atoms with Crippen LogP contribution in [0, 0.1) is 0 Å². The third-order valence-corrected chi connectivity index (χ3v) is 3.27. The number of hydrogen-bond donors (Lipinski definition) is 0. The molecule has 0 fully saturated rings. The van der Waals surface area contributed by atoms with E-state index in [2.05, 4.69) is 0 Å². The Labute approximate surface area is 116 Å². The van der Waals surface area contributed by atoms with Crippen LogP contribution in [-0.4, -0.2) is 30.0 Å². The molecule has 1 atom stereocenters. The van der Waals surface area contributed by atoms with Crippen molar-refractivity contribution in [1.82, 2.24) is 0 Å². The number of Topliss-reactive ketones (excluding diaryl/α,β-unsaturated/α-hetero) is 1. The van der Waals surface area contributed by atoms with Gasteiger partial charge in [0.2, 0.25) is 0 Å². The normalized spacial score (nSPS) is 12.0. The molecule has 0 radical (unpaired) electrons. The zero-order chi connectivity index (χ0) is 13.7. The van der Waals surface area contributed by atoms with E-state index in [-0.39, 0.29) is 18.0 Å². The number of halogens is 1. The summed E-state index contributed by atoms with van der Waals surface area (Å²) in [6, 6.07) is 5.07. The van der Waals surface area contributed by atoms with Gasteiger partial charge in [-0.25, -0.2) is 4.79 Å². The first-order valence-electron chi connectivity index (χ1n) is 5.54. The highest BCUT2D eigenvalue weighted by molar-refractivity contribution is 7.98. The number of thioether (sulfide) groups is 1. The fourth-order valence-corrected chi connectivity index (χ4v) is 2.01. The van der Waals surface area contributed by atoms with Gasteiger partial charge in [0.05, 0.1) is 17.5 Å². The smallest absolute Gasteiger partial charge is 0.338 e. The van der Waals surface area contributed by atoms with Crippen LogP contribution in [0.5, 0.6) is 0 Å². The number of ketones is 1. The van der Waals surface area contributed by atoms with E-state index in [0.717, 1.165) is 4.90 Å². The Morgan fingerprint density at radius 2 is 2.06 bits per heavy atom. The number of benzene rings is 1. The maximum Gasteiger partial charge on any atom is 0.338 e. The predicted octanol–water partition coefficient (Wildman–Crippen LogP) is 3.40. The summed E-state index contributed by atoms with van der Waals surface area (Å²) in [6.07, 6.45) is 1.90. The molecule has 1 unspecified atom stereocenters. The SMILES string of the molecule is CCOC(=O)c1ccc(SC)cc1C(=O)C(C)Cl. The molecule has 1 rings (SSSR count). The molecule has 0 aliphatic heterocycles. The van der Waals surface area contributed by atoms with Gasteiger partial charge < -0.3 is 4.74 Å². The summed E-state index contributed by atoms with van der Waals surface area (Å²) in [6.45, 7) is 3.58. The lowest BCUT2D eigenvalue weighted by molar-refractivity contribution is 0.0523. The molecule has 0 aliphatic carbocycles. The second-order valence-corrected chi connectivity index (χ2v) is 5.15. The van der Waals surface area contributed by atoms with Crippen LogP contribution in [0.15, 0.2) is 23.1 Å². The fourth-order valence-electron chi connectivity index (χ4n) is 1.46. The zero-order valence-corrected chi connectivity index (χ0v) is 12.1. The lowest BCUT2D eigenvalue weighted by Crippen LogP contribution is -2.17. The van der Waals surface area contributed by atoms with E-state index < -0.39 is 11.3 Å². The molecule has 5 heteroatoms. The van der Waals surface area contributed by atoms with Gasteiger partial charge in [0.25, 0.3) is 0 Å². The monoisotopic (exact) mass is 286 g/mol.